The van der Waals surface area contributed by atoms with Crippen LogP contribution in [0.1, 0.15) is 16.1 Å². The van der Waals surface area contributed by atoms with Gasteiger partial charge in [-0.3, -0.25) is 4.79 Å². The Labute approximate surface area is 122 Å². The quantitative estimate of drug-likeness (QED) is 0.854. The molecule has 2 N–H and O–H groups in total. The van der Waals surface area contributed by atoms with Gasteiger partial charge in [-0.2, -0.15) is 0 Å². The summed E-state index contributed by atoms with van der Waals surface area (Å²) in [7, 11) is 1.83. The van der Waals surface area contributed by atoms with Crippen LogP contribution in [0.25, 0.3) is 11.0 Å². The first-order chi connectivity index (χ1) is 8.63. The van der Waals surface area contributed by atoms with Crippen molar-refractivity contribution in [3.63, 3.8) is 0 Å². The van der Waals surface area contributed by atoms with Crippen LogP contribution in [-0.2, 0) is 0 Å². The highest BCUT2D eigenvalue weighted by Gasteiger charge is 2.17. The number of hydrogen-bond acceptors (Lipinski definition) is 3. The van der Waals surface area contributed by atoms with Crippen molar-refractivity contribution in [3.8, 4) is 0 Å². The fourth-order valence-electron chi connectivity index (χ4n) is 1.79. The number of hydrogen-bond donors (Lipinski definition) is 2. The van der Waals surface area contributed by atoms with E-state index in [0.717, 1.165) is 17.5 Å². The molecule has 1 amide bonds. The number of benzene rings is 1. The van der Waals surface area contributed by atoms with Crippen molar-refractivity contribution in [3.05, 3.63) is 34.5 Å². The van der Waals surface area contributed by atoms with Gasteiger partial charge >= 0.3 is 0 Å². The number of amides is 1. The molecule has 2 rings (SSSR count). The predicted octanol–water partition coefficient (Wildman–Crippen LogP) is 2.77. The van der Waals surface area contributed by atoms with Crippen LogP contribution in [0.3, 0.4) is 0 Å². The molecule has 0 radical (unpaired) electrons. The second-order valence-electron chi connectivity index (χ2n) is 4.06. The van der Waals surface area contributed by atoms with Gasteiger partial charge in [0.2, 0.25) is 0 Å². The summed E-state index contributed by atoms with van der Waals surface area (Å²) in [5.41, 5.74) is 1.49. The lowest BCUT2D eigenvalue weighted by Crippen LogP contribution is -2.30. The summed E-state index contributed by atoms with van der Waals surface area (Å²) >= 11 is 5.93. The zero-order chi connectivity index (χ0) is 13.1. The molecule has 1 aromatic heterocycles. The Bertz CT molecular complexity index is 581. The van der Waals surface area contributed by atoms with Crippen molar-refractivity contribution in [2.45, 2.75) is 6.92 Å². The maximum absolute atomic E-state index is 11.9. The first kappa shape index (κ1) is 15.8. The largest absolute Gasteiger partial charge is 0.451 e. The molecule has 1 heterocycles. The minimum atomic E-state index is -0.199. The van der Waals surface area contributed by atoms with Gasteiger partial charge < -0.3 is 15.1 Å². The number of likely N-dealkylation sites (N-methyl/N-ethyl adjacent to an activating group) is 1. The average molecular weight is 303 g/mol. The molecule has 19 heavy (non-hydrogen) atoms. The summed E-state index contributed by atoms with van der Waals surface area (Å²) in [4.78, 5) is 11.9. The Morgan fingerprint density at radius 1 is 1.37 bits per heavy atom. The molecule has 6 heteroatoms. The highest BCUT2D eigenvalue weighted by molar-refractivity contribution is 6.31. The molecule has 0 atom stereocenters. The average Bonchev–Trinajstić information content (AvgIpc) is 2.67. The molecule has 0 aliphatic carbocycles. The van der Waals surface area contributed by atoms with E-state index in [2.05, 4.69) is 10.6 Å². The predicted molar refractivity (Wildman–Crippen MR) is 79.5 cm³/mol. The van der Waals surface area contributed by atoms with Crippen LogP contribution in [0, 0.1) is 6.92 Å². The van der Waals surface area contributed by atoms with Crippen molar-refractivity contribution < 1.29 is 9.21 Å². The molecule has 4 nitrogen and oxygen atoms in total. The fourth-order valence-corrected chi connectivity index (χ4v) is 1.96. The van der Waals surface area contributed by atoms with Gasteiger partial charge in [0, 0.05) is 29.1 Å². The Balaban J connectivity index is 0.00000180. The first-order valence-electron chi connectivity index (χ1n) is 5.75. The van der Waals surface area contributed by atoms with Crippen molar-refractivity contribution >= 4 is 40.9 Å². The van der Waals surface area contributed by atoms with Gasteiger partial charge in [0.05, 0.1) is 0 Å². The lowest BCUT2D eigenvalue weighted by atomic mass is 10.1. The summed E-state index contributed by atoms with van der Waals surface area (Å²) in [5.74, 6) is 0.151. The topological polar surface area (TPSA) is 54.3 Å². The third-order valence-electron chi connectivity index (χ3n) is 2.77. The summed E-state index contributed by atoms with van der Waals surface area (Å²) < 4.78 is 5.56. The van der Waals surface area contributed by atoms with Crippen molar-refractivity contribution in [1.82, 2.24) is 10.6 Å². The molecule has 0 bridgehead atoms. The van der Waals surface area contributed by atoms with E-state index in [1.165, 1.54) is 0 Å². The maximum atomic E-state index is 11.9. The van der Waals surface area contributed by atoms with Crippen LogP contribution in [0.4, 0.5) is 0 Å². The van der Waals surface area contributed by atoms with E-state index in [4.69, 9.17) is 16.0 Å². The van der Waals surface area contributed by atoms with Crippen LogP contribution < -0.4 is 10.6 Å². The van der Waals surface area contributed by atoms with E-state index in [0.29, 0.717) is 22.9 Å². The zero-order valence-electron chi connectivity index (χ0n) is 10.7. The summed E-state index contributed by atoms with van der Waals surface area (Å²) in [6.07, 6.45) is 0. The molecule has 0 aliphatic rings. The third-order valence-corrected chi connectivity index (χ3v) is 3.00. The van der Waals surface area contributed by atoms with Crippen molar-refractivity contribution in [2.75, 3.05) is 20.1 Å². The number of carbonyl (C=O) groups is 1. The lowest BCUT2D eigenvalue weighted by molar-refractivity contribution is 0.0928. The van der Waals surface area contributed by atoms with E-state index < -0.39 is 0 Å². The number of rotatable bonds is 4. The number of fused-ring (bicyclic) bond motifs is 1. The minimum Gasteiger partial charge on any atom is -0.451 e. The minimum absolute atomic E-state index is 0. The van der Waals surface area contributed by atoms with Gasteiger partial charge in [0.1, 0.15) is 5.58 Å². The number of carbonyl (C=O) groups excluding carboxylic acids is 1. The van der Waals surface area contributed by atoms with Crippen LogP contribution in [0.5, 0.6) is 0 Å². The highest BCUT2D eigenvalue weighted by Crippen LogP contribution is 2.27. The van der Waals surface area contributed by atoms with Crippen LogP contribution in [-0.4, -0.2) is 26.0 Å². The monoisotopic (exact) mass is 302 g/mol. The summed E-state index contributed by atoms with van der Waals surface area (Å²) in [5, 5.41) is 7.26. The van der Waals surface area contributed by atoms with E-state index in [9.17, 15) is 4.79 Å². The first-order valence-corrected chi connectivity index (χ1v) is 6.12. The molecule has 104 valence electrons. The Kier molecular flexibility index (Phi) is 5.66. The summed E-state index contributed by atoms with van der Waals surface area (Å²) in [6.45, 7) is 3.14. The molecule has 0 aliphatic heterocycles. The van der Waals surface area contributed by atoms with Crippen LogP contribution in [0.2, 0.25) is 5.02 Å². The smallest absolute Gasteiger partial charge is 0.287 e. The Morgan fingerprint density at radius 2 is 2.11 bits per heavy atom. The van der Waals surface area contributed by atoms with Gasteiger partial charge in [-0.1, -0.05) is 11.6 Å². The second kappa shape index (κ2) is 6.80. The van der Waals surface area contributed by atoms with E-state index in [1.807, 2.05) is 14.0 Å². The zero-order valence-corrected chi connectivity index (χ0v) is 12.3. The number of furan rings is 1. The SMILES string of the molecule is CNCCNC(=O)c1oc2ccc(Cl)cc2c1C.Cl. The third kappa shape index (κ3) is 3.41. The maximum Gasteiger partial charge on any atom is 0.287 e. The molecule has 2 aromatic rings. The van der Waals surface area contributed by atoms with Crippen LogP contribution >= 0.6 is 24.0 Å². The van der Waals surface area contributed by atoms with Crippen molar-refractivity contribution in [1.29, 1.82) is 0 Å². The van der Waals surface area contributed by atoms with Gasteiger partial charge in [0.15, 0.2) is 5.76 Å². The van der Waals surface area contributed by atoms with E-state index in [1.54, 1.807) is 18.2 Å². The summed E-state index contributed by atoms with van der Waals surface area (Å²) in [6, 6.07) is 5.32. The standard InChI is InChI=1S/C13H15ClN2O2.ClH/c1-8-10-7-9(14)3-4-11(10)18-12(8)13(17)16-6-5-15-2;/h3-4,7,15H,5-6H2,1-2H3,(H,16,17);1H. The number of aryl methyl sites for hydroxylation is 1. The van der Waals surface area contributed by atoms with Gasteiger partial charge in [-0.25, -0.2) is 0 Å². The fraction of sp³-hybridized carbons (Fsp3) is 0.308. The van der Waals surface area contributed by atoms with Crippen LogP contribution in [0.15, 0.2) is 22.6 Å². The van der Waals surface area contributed by atoms with Gasteiger partial charge in [-0.05, 0) is 32.2 Å². The highest BCUT2D eigenvalue weighted by atomic mass is 35.5. The molecular formula is C13H16Cl2N2O2. The normalized spacial score (nSPS) is 10.3. The van der Waals surface area contributed by atoms with E-state index >= 15 is 0 Å². The molecule has 0 saturated heterocycles. The molecular weight excluding hydrogens is 287 g/mol. The molecule has 0 fully saturated rings. The molecule has 0 spiro atoms. The molecule has 0 unspecified atom stereocenters. The van der Waals surface area contributed by atoms with Gasteiger partial charge in [0.25, 0.3) is 5.91 Å². The van der Waals surface area contributed by atoms with Gasteiger partial charge in [-0.15, -0.1) is 12.4 Å². The second-order valence-corrected chi connectivity index (χ2v) is 4.49. The molecule has 0 saturated carbocycles. The lowest BCUT2D eigenvalue weighted by Gasteiger charge is -2.02. The molecule has 1 aromatic carbocycles. The number of nitrogens with one attached hydrogen (secondary N) is 2. The Hall–Kier alpha value is -1.23. The Morgan fingerprint density at radius 3 is 2.79 bits per heavy atom. The number of halogens is 2. The van der Waals surface area contributed by atoms with Crippen molar-refractivity contribution in [2.24, 2.45) is 0 Å². The van der Waals surface area contributed by atoms with E-state index in [-0.39, 0.29) is 18.3 Å².